The molecule has 0 saturated carbocycles. The van der Waals surface area contributed by atoms with Crippen LogP contribution >= 0.6 is 0 Å². The summed E-state index contributed by atoms with van der Waals surface area (Å²) >= 11 is 0. The van der Waals surface area contributed by atoms with E-state index in [-0.39, 0.29) is 6.61 Å². The van der Waals surface area contributed by atoms with Crippen LogP contribution in [0.3, 0.4) is 0 Å². The molecule has 0 aliphatic heterocycles. The van der Waals surface area contributed by atoms with Crippen LogP contribution in [0.4, 0.5) is 0 Å². The first-order chi connectivity index (χ1) is 9.90. The highest BCUT2D eigenvalue weighted by Crippen LogP contribution is 2.19. The summed E-state index contributed by atoms with van der Waals surface area (Å²) in [5, 5.41) is 10.7. The van der Waals surface area contributed by atoms with Gasteiger partial charge in [-0.15, -0.1) is 0 Å². The smallest absolute Gasteiger partial charge is 0.120 e. The quantitative estimate of drug-likeness (QED) is 0.706. The fourth-order valence-corrected chi connectivity index (χ4v) is 1.76. The molecule has 1 N–H and O–H groups in total. The highest BCUT2D eigenvalue weighted by atomic mass is 16.5. The second kappa shape index (κ2) is 8.47. The second-order valence-electron chi connectivity index (χ2n) is 4.18. The summed E-state index contributed by atoms with van der Waals surface area (Å²) in [4.78, 5) is 4.07. The van der Waals surface area contributed by atoms with E-state index in [4.69, 9.17) is 19.3 Å². The van der Waals surface area contributed by atoms with Crippen molar-refractivity contribution in [3.05, 3.63) is 36.7 Å². The van der Waals surface area contributed by atoms with Gasteiger partial charge in [0.1, 0.15) is 12.4 Å². The highest BCUT2D eigenvalue weighted by molar-refractivity contribution is 5.82. The van der Waals surface area contributed by atoms with E-state index in [2.05, 4.69) is 4.98 Å². The lowest BCUT2D eigenvalue weighted by atomic mass is 10.2. The number of fused-ring (bicyclic) bond motifs is 1. The molecule has 1 aromatic carbocycles. The van der Waals surface area contributed by atoms with E-state index in [0.29, 0.717) is 33.0 Å². The summed E-state index contributed by atoms with van der Waals surface area (Å²) in [6.45, 7) is 2.40. The molecule has 0 aliphatic carbocycles. The van der Waals surface area contributed by atoms with Crippen LogP contribution in [0.25, 0.3) is 10.8 Å². The number of rotatable bonds is 9. The van der Waals surface area contributed by atoms with Crippen molar-refractivity contribution >= 4 is 10.8 Å². The zero-order chi connectivity index (χ0) is 14.0. The number of nitrogens with zero attached hydrogens (tertiary/aromatic N) is 1. The fourth-order valence-electron chi connectivity index (χ4n) is 1.76. The largest absolute Gasteiger partial charge is 0.491 e. The number of hydrogen-bond donors (Lipinski definition) is 1. The number of aliphatic hydroxyl groups excluding tert-OH is 1. The minimum Gasteiger partial charge on any atom is -0.491 e. The first-order valence-corrected chi connectivity index (χ1v) is 6.63. The summed E-state index contributed by atoms with van der Waals surface area (Å²) in [5.41, 5.74) is 0. The molecule has 0 atom stereocenters. The Morgan fingerprint density at radius 3 is 2.55 bits per heavy atom. The minimum atomic E-state index is 0.0423. The Labute approximate surface area is 118 Å². The first-order valence-electron chi connectivity index (χ1n) is 6.63. The maximum atomic E-state index is 8.52. The molecular formula is C15H19NO4. The Hall–Kier alpha value is -1.69. The lowest BCUT2D eigenvalue weighted by Crippen LogP contribution is -2.11. The Kier molecular flexibility index (Phi) is 6.23. The third-order valence-electron chi connectivity index (χ3n) is 2.72. The molecule has 108 valence electrons. The monoisotopic (exact) mass is 277 g/mol. The zero-order valence-corrected chi connectivity index (χ0v) is 11.3. The van der Waals surface area contributed by atoms with Crippen molar-refractivity contribution in [1.29, 1.82) is 0 Å². The summed E-state index contributed by atoms with van der Waals surface area (Å²) in [7, 11) is 0. The number of aliphatic hydroxyl groups is 1. The lowest BCUT2D eigenvalue weighted by Gasteiger charge is -2.08. The van der Waals surface area contributed by atoms with Crippen molar-refractivity contribution in [3.8, 4) is 5.75 Å². The van der Waals surface area contributed by atoms with Gasteiger partial charge in [0.15, 0.2) is 0 Å². The average molecular weight is 277 g/mol. The fraction of sp³-hybridized carbons (Fsp3) is 0.400. The molecule has 5 nitrogen and oxygen atoms in total. The maximum absolute atomic E-state index is 8.52. The number of benzene rings is 1. The van der Waals surface area contributed by atoms with Crippen LogP contribution in [0.5, 0.6) is 5.75 Å². The van der Waals surface area contributed by atoms with E-state index in [1.54, 1.807) is 6.20 Å². The molecule has 0 fully saturated rings. The van der Waals surface area contributed by atoms with E-state index in [1.165, 1.54) is 0 Å². The van der Waals surface area contributed by atoms with Crippen LogP contribution in [0.15, 0.2) is 36.7 Å². The summed E-state index contributed by atoms with van der Waals surface area (Å²) < 4.78 is 16.0. The lowest BCUT2D eigenvalue weighted by molar-refractivity contribution is 0.0247. The second-order valence-corrected chi connectivity index (χ2v) is 4.18. The van der Waals surface area contributed by atoms with Crippen molar-refractivity contribution in [2.45, 2.75) is 0 Å². The molecule has 0 amide bonds. The van der Waals surface area contributed by atoms with Crippen molar-refractivity contribution in [3.63, 3.8) is 0 Å². The van der Waals surface area contributed by atoms with E-state index in [0.717, 1.165) is 16.5 Å². The van der Waals surface area contributed by atoms with Crippen LogP contribution in [0, 0.1) is 0 Å². The first kappa shape index (κ1) is 14.7. The van der Waals surface area contributed by atoms with E-state index in [9.17, 15) is 0 Å². The van der Waals surface area contributed by atoms with Crippen molar-refractivity contribution in [2.24, 2.45) is 0 Å². The molecule has 1 aromatic heterocycles. The molecule has 2 aromatic rings. The molecule has 0 unspecified atom stereocenters. The van der Waals surface area contributed by atoms with Gasteiger partial charge in [0.25, 0.3) is 0 Å². The third-order valence-corrected chi connectivity index (χ3v) is 2.72. The Morgan fingerprint density at radius 1 is 0.900 bits per heavy atom. The summed E-state index contributed by atoms with van der Waals surface area (Å²) in [6, 6.07) is 7.86. The van der Waals surface area contributed by atoms with Gasteiger partial charge in [0, 0.05) is 17.8 Å². The van der Waals surface area contributed by atoms with Crippen LogP contribution < -0.4 is 4.74 Å². The van der Waals surface area contributed by atoms with Crippen molar-refractivity contribution in [2.75, 3.05) is 39.6 Å². The van der Waals surface area contributed by atoms with Gasteiger partial charge < -0.3 is 19.3 Å². The average Bonchev–Trinajstić information content (AvgIpc) is 2.50. The van der Waals surface area contributed by atoms with Gasteiger partial charge in [0.05, 0.1) is 33.0 Å². The molecular weight excluding hydrogens is 258 g/mol. The summed E-state index contributed by atoms with van der Waals surface area (Å²) in [6.07, 6.45) is 3.59. The normalized spacial score (nSPS) is 10.8. The molecule has 0 spiro atoms. The maximum Gasteiger partial charge on any atom is 0.120 e. The van der Waals surface area contributed by atoms with Gasteiger partial charge in [-0.1, -0.05) is 0 Å². The molecule has 0 bridgehead atoms. The summed E-state index contributed by atoms with van der Waals surface area (Å²) in [5.74, 6) is 0.823. The number of pyridine rings is 1. The zero-order valence-electron chi connectivity index (χ0n) is 11.3. The molecule has 0 saturated heterocycles. The van der Waals surface area contributed by atoms with Gasteiger partial charge in [0.2, 0.25) is 0 Å². The number of ether oxygens (including phenoxy) is 3. The van der Waals surface area contributed by atoms with Crippen LogP contribution in [0.1, 0.15) is 0 Å². The van der Waals surface area contributed by atoms with Crippen molar-refractivity contribution < 1.29 is 19.3 Å². The van der Waals surface area contributed by atoms with Crippen LogP contribution in [0.2, 0.25) is 0 Å². The number of aromatic nitrogens is 1. The minimum absolute atomic E-state index is 0.0423. The molecule has 1 heterocycles. The third kappa shape index (κ3) is 4.77. The van der Waals surface area contributed by atoms with Gasteiger partial charge in [-0.2, -0.15) is 0 Å². The van der Waals surface area contributed by atoms with Gasteiger partial charge >= 0.3 is 0 Å². The number of hydrogen-bond acceptors (Lipinski definition) is 5. The molecule has 5 heteroatoms. The van der Waals surface area contributed by atoms with E-state index >= 15 is 0 Å². The molecule has 2 rings (SSSR count). The van der Waals surface area contributed by atoms with E-state index in [1.807, 2.05) is 30.5 Å². The van der Waals surface area contributed by atoms with Gasteiger partial charge in [-0.25, -0.2) is 0 Å². The Balaban J connectivity index is 1.65. The molecule has 0 aliphatic rings. The van der Waals surface area contributed by atoms with Crippen molar-refractivity contribution in [1.82, 2.24) is 4.98 Å². The Morgan fingerprint density at radius 2 is 1.70 bits per heavy atom. The standard InChI is InChI=1S/C15H19NO4/c17-5-6-18-7-8-19-9-10-20-15-2-1-14-12-16-4-3-13(14)11-15/h1-4,11-12,17H,5-10H2. The predicted octanol–water partition coefficient (Wildman–Crippen LogP) is 1.64. The van der Waals surface area contributed by atoms with Gasteiger partial charge in [-0.05, 0) is 29.7 Å². The predicted molar refractivity (Wildman–Crippen MR) is 76.0 cm³/mol. The van der Waals surface area contributed by atoms with E-state index < -0.39 is 0 Å². The SMILES string of the molecule is OCCOCCOCCOc1ccc2cnccc2c1. The Bertz CT molecular complexity index is 518. The van der Waals surface area contributed by atoms with Crippen LogP contribution in [-0.2, 0) is 9.47 Å². The topological polar surface area (TPSA) is 60.8 Å². The van der Waals surface area contributed by atoms with Crippen LogP contribution in [-0.4, -0.2) is 49.7 Å². The molecule has 20 heavy (non-hydrogen) atoms. The molecule has 0 radical (unpaired) electrons. The highest BCUT2D eigenvalue weighted by Gasteiger charge is 1.97. The van der Waals surface area contributed by atoms with Gasteiger partial charge in [-0.3, -0.25) is 4.98 Å².